The topological polar surface area (TPSA) is 75.7 Å². The van der Waals surface area contributed by atoms with Crippen molar-refractivity contribution in [2.75, 3.05) is 23.3 Å². The van der Waals surface area contributed by atoms with Crippen LogP contribution in [0.1, 0.15) is 5.56 Å². The summed E-state index contributed by atoms with van der Waals surface area (Å²) in [4.78, 5) is 12.9. The van der Waals surface area contributed by atoms with Crippen molar-refractivity contribution in [1.29, 1.82) is 0 Å². The SMILES string of the molecule is COc1ccc(Cl)cc1N(CC(=O)Nc1ccc(I)cc1)S(=O)(=O)c1ccc(C)cc1. The molecular weight excluding hydrogens is 551 g/mol. The molecule has 162 valence electrons. The van der Waals surface area contributed by atoms with Crippen molar-refractivity contribution in [2.24, 2.45) is 0 Å². The maximum absolute atomic E-state index is 13.5. The zero-order valence-electron chi connectivity index (χ0n) is 16.8. The largest absolute Gasteiger partial charge is 0.495 e. The first kappa shape index (κ1) is 23.4. The molecule has 0 unspecified atom stereocenters. The van der Waals surface area contributed by atoms with Crippen LogP contribution in [0.15, 0.2) is 71.6 Å². The number of halogens is 2. The van der Waals surface area contributed by atoms with E-state index in [1.165, 1.54) is 25.3 Å². The number of hydrogen-bond acceptors (Lipinski definition) is 4. The molecule has 1 amide bonds. The van der Waals surface area contributed by atoms with Crippen LogP contribution >= 0.6 is 34.2 Å². The maximum atomic E-state index is 13.5. The van der Waals surface area contributed by atoms with E-state index < -0.39 is 22.5 Å². The number of hydrogen-bond donors (Lipinski definition) is 1. The van der Waals surface area contributed by atoms with Crippen LogP contribution in [0.2, 0.25) is 5.02 Å². The Morgan fingerprint density at radius 1 is 1.06 bits per heavy atom. The number of ether oxygens (including phenoxy) is 1. The standard InChI is InChI=1S/C22H20ClIN2O4S/c1-15-3-10-19(11-4-15)31(28,29)26(20-13-16(23)5-12-21(20)30-2)14-22(27)25-18-8-6-17(24)7-9-18/h3-13H,14H2,1-2H3,(H,25,27). The normalized spacial score (nSPS) is 11.1. The average molecular weight is 571 g/mol. The second kappa shape index (κ2) is 9.88. The molecule has 0 heterocycles. The molecule has 0 atom stereocenters. The minimum absolute atomic E-state index is 0.0576. The lowest BCUT2D eigenvalue weighted by Gasteiger charge is -2.26. The van der Waals surface area contributed by atoms with Gasteiger partial charge in [0.1, 0.15) is 12.3 Å². The number of nitrogens with one attached hydrogen (secondary N) is 1. The minimum atomic E-state index is -4.08. The summed E-state index contributed by atoms with van der Waals surface area (Å²) in [6, 6.07) is 18.2. The molecule has 0 saturated heterocycles. The lowest BCUT2D eigenvalue weighted by molar-refractivity contribution is -0.114. The van der Waals surface area contributed by atoms with Crippen molar-refractivity contribution in [2.45, 2.75) is 11.8 Å². The third-order valence-electron chi connectivity index (χ3n) is 4.43. The molecule has 3 aromatic rings. The average Bonchev–Trinajstić information content (AvgIpc) is 2.74. The summed E-state index contributed by atoms with van der Waals surface area (Å²) in [6.45, 7) is 1.40. The summed E-state index contributed by atoms with van der Waals surface area (Å²) < 4.78 is 34.4. The first-order chi connectivity index (χ1) is 14.7. The molecule has 0 bridgehead atoms. The van der Waals surface area contributed by atoms with Crippen LogP contribution in [0, 0.1) is 10.5 Å². The van der Waals surface area contributed by atoms with E-state index in [1.807, 2.05) is 19.1 Å². The highest BCUT2D eigenvalue weighted by molar-refractivity contribution is 14.1. The highest BCUT2D eigenvalue weighted by atomic mass is 127. The second-order valence-electron chi connectivity index (χ2n) is 6.70. The van der Waals surface area contributed by atoms with Crippen LogP contribution < -0.4 is 14.4 Å². The first-order valence-electron chi connectivity index (χ1n) is 9.19. The molecule has 6 nitrogen and oxygen atoms in total. The molecule has 0 aliphatic carbocycles. The second-order valence-corrected chi connectivity index (χ2v) is 10.2. The van der Waals surface area contributed by atoms with Gasteiger partial charge in [-0.2, -0.15) is 0 Å². The number of sulfonamides is 1. The van der Waals surface area contributed by atoms with Crippen LogP contribution in [0.4, 0.5) is 11.4 Å². The van der Waals surface area contributed by atoms with Crippen LogP contribution in [0.5, 0.6) is 5.75 Å². The predicted octanol–water partition coefficient (Wildman–Crippen LogP) is 5.10. The Kier molecular flexibility index (Phi) is 7.45. The Balaban J connectivity index is 2.02. The number of carbonyl (C=O) groups is 1. The summed E-state index contributed by atoms with van der Waals surface area (Å²) >= 11 is 8.30. The molecule has 0 aliphatic heterocycles. The van der Waals surface area contributed by atoms with Crippen LogP contribution in [0.3, 0.4) is 0 Å². The number of nitrogens with zero attached hydrogens (tertiary/aromatic N) is 1. The van der Waals surface area contributed by atoms with Gasteiger partial charge >= 0.3 is 0 Å². The zero-order valence-corrected chi connectivity index (χ0v) is 20.5. The Bertz CT molecular complexity index is 1180. The van der Waals surface area contributed by atoms with Gasteiger partial charge in [-0.3, -0.25) is 9.10 Å². The van der Waals surface area contributed by atoms with Crippen LogP contribution in [0.25, 0.3) is 0 Å². The van der Waals surface area contributed by atoms with Gasteiger partial charge < -0.3 is 10.1 Å². The number of benzene rings is 3. The number of methoxy groups -OCH3 is 1. The van der Waals surface area contributed by atoms with E-state index in [9.17, 15) is 13.2 Å². The molecule has 0 spiro atoms. The van der Waals surface area contributed by atoms with Crippen molar-refractivity contribution in [3.05, 3.63) is 80.9 Å². The van der Waals surface area contributed by atoms with Crippen molar-refractivity contribution >= 4 is 61.5 Å². The fraction of sp³-hybridized carbons (Fsp3) is 0.136. The molecule has 1 N–H and O–H groups in total. The Morgan fingerprint density at radius 3 is 2.32 bits per heavy atom. The Hall–Kier alpha value is -2.30. The molecule has 0 saturated carbocycles. The monoisotopic (exact) mass is 570 g/mol. The van der Waals surface area contributed by atoms with E-state index in [1.54, 1.807) is 36.4 Å². The van der Waals surface area contributed by atoms with Gasteiger partial charge in [0.05, 0.1) is 17.7 Å². The summed E-state index contributed by atoms with van der Waals surface area (Å²) in [5.74, 6) is -0.221. The quantitative estimate of drug-likeness (QED) is 0.401. The van der Waals surface area contributed by atoms with Gasteiger partial charge in [0.25, 0.3) is 10.0 Å². The number of anilines is 2. The minimum Gasteiger partial charge on any atom is -0.495 e. The fourth-order valence-electron chi connectivity index (χ4n) is 2.86. The molecule has 3 rings (SSSR count). The third kappa shape index (κ3) is 5.69. The summed E-state index contributed by atoms with van der Waals surface area (Å²) in [5.41, 5.74) is 1.66. The zero-order chi connectivity index (χ0) is 22.6. The van der Waals surface area contributed by atoms with E-state index in [0.717, 1.165) is 13.4 Å². The number of amides is 1. The molecule has 0 fully saturated rings. The van der Waals surface area contributed by atoms with E-state index >= 15 is 0 Å². The fourth-order valence-corrected chi connectivity index (χ4v) is 4.81. The van der Waals surface area contributed by atoms with Gasteiger partial charge in [0.2, 0.25) is 5.91 Å². The summed E-state index contributed by atoms with van der Waals surface area (Å²) in [6.07, 6.45) is 0. The van der Waals surface area contributed by atoms with Crippen LogP contribution in [-0.2, 0) is 14.8 Å². The lowest BCUT2D eigenvalue weighted by Crippen LogP contribution is -2.38. The molecular formula is C22H20ClIN2O4S. The number of aryl methyl sites for hydroxylation is 1. The van der Waals surface area contributed by atoms with Gasteiger partial charge in [-0.15, -0.1) is 0 Å². The molecule has 9 heteroatoms. The molecule has 0 aromatic heterocycles. The number of carbonyl (C=O) groups excluding carboxylic acids is 1. The Labute approximate surface area is 200 Å². The van der Waals surface area contributed by atoms with E-state index in [2.05, 4.69) is 27.9 Å². The van der Waals surface area contributed by atoms with Gasteiger partial charge in [-0.05, 0) is 84.1 Å². The van der Waals surface area contributed by atoms with Gasteiger partial charge in [0, 0.05) is 14.3 Å². The van der Waals surface area contributed by atoms with E-state index in [-0.39, 0.29) is 16.3 Å². The van der Waals surface area contributed by atoms with Crippen molar-refractivity contribution < 1.29 is 17.9 Å². The van der Waals surface area contributed by atoms with Gasteiger partial charge in [0.15, 0.2) is 0 Å². The highest BCUT2D eigenvalue weighted by Crippen LogP contribution is 2.35. The lowest BCUT2D eigenvalue weighted by atomic mass is 10.2. The third-order valence-corrected chi connectivity index (χ3v) is 7.16. The molecule has 0 radical (unpaired) electrons. The summed E-state index contributed by atoms with van der Waals surface area (Å²) in [7, 11) is -2.66. The van der Waals surface area contributed by atoms with Crippen LogP contribution in [-0.4, -0.2) is 28.0 Å². The van der Waals surface area contributed by atoms with E-state index in [0.29, 0.717) is 10.7 Å². The highest BCUT2D eigenvalue weighted by Gasteiger charge is 2.29. The van der Waals surface area contributed by atoms with Crippen molar-refractivity contribution in [1.82, 2.24) is 0 Å². The first-order valence-corrected chi connectivity index (χ1v) is 12.1. The van der Waals surface area contributed by atoms with E-state index in [4.69, 9.17) is 16.3 Å². The number of rotatable bonds is 7. The molecule has 3 aromatic carbocycles. The van der Waals surface area contributed by atoms with Gasteiger partial charge in [-0.25, -0.2) is 8.42 Å². The van der Waals surface area contributed by atoms with Crippen molar-refractivity contribution in [3.8, 4) is 5.75 Å². The Morgan fingerprint density at radius 2 is 1.71 bits per heavy atom. The summed E-state index contributed by atoms with van der Waals surface area (Å²) in [5, 5.41) is 3.05. The smallest absolute Gasteiger partial charge is 0.264 e. The maximum Gasteiger partial charge on any atom is 0.264 e. The molecule has 31 heavy (non-hydrogen) atoms. The predicted molar refractivity (Wildman–Crippen MR) is 132 cm³/mol. The molecule has 0 aliphatic rings. The van der Waals surface area contributed by atoms with Crippen molar-refractivity contribution in [3.63, 3.8) is 0 Å². The van der Waals surface area contributed by atoms with Gasteiger partial charge in [-0.1, -0.05) is 29.3 Å².